The second-order valence-corrected chi connectivity index (χ2v) is 9.59. The van der Waals surface area contributed by atoms with Crippen LogP contribution in [0.3, 0.4) is 0 Å². The van der Waals surface area contributed by atoms with Gasteiger partial charge in [-0.1, -0.05) is 24.3 Å². The third-order valence-electron chi connectivity index (χ3n) is 7.25. The molecule has 0 bridgehead atoms. The standard InChI is InChI=1S/C24H26N2S/c1-2-6-22-16(4-1)7-9-19-17(14-18-5-3-13-27-18)8-10-20-21-15-25-12-11-23(21)26(22)24(19)20/h1,3-5,7,11-13,17,20-22H,2,6,8-10,14-15H2/t17?,20-,21-,22?/m1/s1. The number of dihydropyridines is 1. The maximum absolute atomic E-state index is 4.65. The average Bonchev–Trinajstić information content (AvgIpc) is 3.29. The Balaban J connectivity index is 1.48. The Labute approximate surface area is 165 Å². The number of allylic oxidation sites excluding steroid dienone is 5. The summed E-state index contributed by atoms with van der Waals surface area (Å²) in [6, 6.07) is 5.08. The van der Waals surface area contributed by atoms with Gasteiger partial charge in [-0.2, -0.15) is 0 Å². The highest BCUT2D eigenvalue weighted by molar-refractivity contribution is 7.09. The van der Waals surface area contributed by atoms with Gasteiger partial charge in [-0.05, 0) is 73.1 Å². The number of rotatable bonds is 2. The molecule has 138 valence electrons. The predicted molar refractivity (Wildman–Crippen MR) is 113 cm³/mol. The summed E-state index contributed by atoms with van der Waals surface area (Å²) < 4.78 is 0. The molecule has 4 atom stereocenters. The minimum absolute atomic E-state index is 0.549. The first kappa shape index (κ1) is 16.1. The first-order valence-corrected chi connectivity index (χ1v) is 11.4. The molecule has 27 heavy (non-hydrogen) atoms. The van der Waals surface area contributed by atoms with E-state index in [4.69, 9.17) is 0 Å². The smallest absolute Gasteiger partial charge is 0.0585 e. The molecule has 6 rings (SSSR count). The Morgan fingerprint density at radius 1 is 1.19 bits per heavy atom. The third kappa shape index (κ3) is 2.47. The molecule has 2 unspecified atom stereocenters. The normalized spacial score (nSPS) is 33.9. The SMILES string of the molecule is C1=CC2=CCC3=C4[C@H](CCC3Cc3cccs3)[C@H]3CN=CC=C3N4C2CC1. The second-order valence-electron chi connectivity index (χ2n) is 8.56. The molecular weight excluding hydrogens is 348 g/mol. The quantitative estimate of drug-likeness (QED) is 0.665. The van der Waals surface area contributed by atoms with Crippen LogP contribution < -0.4 is 0 Å². The van der Waals surface area contributed by atoms with Crippen molar-refractivity contribution >= 4 is 17.6 Å². The van der Waals surface area contributed by atoms with Crippen LogP contribution >= 0.6 is 11.3 Å². The lowest BCUT2D eigenvalue weighted by Gasteiger charge is -2.37. The van der Waals surface area contributed by atoms with Gasteiger partial charge in [0.1, 0.15) is 0 Å². The number of thiophene rings is 1. The van der Waals surface area contributed by atoms with Crippen molar-refractivity contribution in [1.82, 2.24) is 4.90 Å². The maximum atomic E-state index is 4.65. The van der Waals surface area contributed by atoms with Gasteiger partial charge in [0.25, 0.3) is 0 Å². The van der Waals surface area contributed by atoms with E-state index in [1.807, 2.05) is 11.3 Å². The monoisotopic (exact) mass is 374 g/mol. The molecule has 4 heterocycles. The van der Waals surface area contributed by atoms with Gasteiger partial charge in [-0.25, -0.2) is 0 Å². The molecule has 3 heteroatoms. The van der Waals surface area contributed by atoms with Crippen molar-refractivity contribution in [2.24, 2.45) is 22.7 Å². The van der Waals surface area contributed by atoms with Crippen LogP contribution in [0, 0.1) is 17.8 Å². The Hall–Kier alpha value is -1.87. The number of hydrogen-bond acceptors (Lipinski definition) is 3. The summed E-state index contributed by atoms with van der Waals surface area (Å²) in [5.74, 6) is 2.02. The first-order valence-electron chi connectivity index (χ1n) is 10.5. The van der Waals surface area contributed by atoms with Crippen molar-refractivity contribution in [3.63, 3.8) is 0 Å². The summed E-state index contributed by atoms with van der Waals surface area (Å²) in [4.78, 5) is 8.99. The van der Waals surface area contributed by atoms with Gasteiger partial charge in [-0.15, -0.1) is 11.3 Å². The number of hydrogen-bond donors (Lipinski definition) is 0. The van der Waals surface area contributed by atoms with Crippen LogP contribution in [-0.2, 0) is 6.42 Å². The Morgan fingerprint density at radius 2 is 2.19 bits per heavy atom. The van der Waals surface area contributed by atoms with E-state index in [0.717, 1.165) is 13.0 Å². The summed E-state index contributed by atoms with van der Waals surface area (Å²) in [7, 11) is 0. The Kier molecular flexibility index (Phi) is 3.78. The summed E-state index contributed by atoms with van der Waals surface area (Å²) in [6.07, 6.45) is 19.2. The summed E-state index contributed by atoms with van der Waals surface area (Å²) in [5, 5.41) is 2.23. The van der Waals surface area contributed by atoms with Crippen LogP contribution in [0.15, 0.2) is 69.3 Å². The third-order valence-corrected chi connectivity index (χ3v) is 8.15. The molecule has 0 saturated carbocycles. The van der Waals surface area contributed by atoms with Crippen LogP contribution in [0.4, 0.5) is 0 Å². The lowest BCUT2D eigenvalue weighted by atomic mass is 9.74. The van der Waals surface area contributed by atoms with E-state index in [0.29, 0.717) is 23.8 Å². The van der Waals surface area contributed by atoms with Crippen molar-refractivity contribution in [3.05, 3.63) is 69.2 Å². The van der Waals surface area contributed by atoms with Gasteiger partial charge in [0.15, 0.2) is 0 Å². The lowest BCUT2D eigenvalue weighted by molar-refractivity contribution is 0.318. The van der Waals surface area contributed by atoms with Crippen LogP contribution in [-0.4, -0.2) is 23.7 Å². The average molecular weight is 375 g/mol. The van der Waals surface area contributed by atoms with Crippen LogP contribution in [0.1, 0.15) is 37.0 Å². The highest BCUT2D eigenvalue weighted by Gasteiger charge is 2.49. The maximum Gasteiger partial charge on any atom is 0.0585 e. The molecule has 0 aromatic carbocycles. The molecule has 0 N–H and O–H groups in total. The molecular formula is C24H26N2S. The Bertz CT molecular complexity index is 899. The largest absolute Gasteiger partial charge is 0.341 e. The fourth-order valence-electron chi connectivity index (χ4n) is 6.09. The zero-order valence-electron chi connectivity index (χ0n) is 15.7. The number of nitrogens with zero attached hydrogens (tertiary/aromatic N) is 2. The fourth-order valence-corrected chi connectivity index (χ4v) is 6.88. The molecule has 1 aromatic rings. The Morgan fingerprint density at radius 3 is 3.11 bits per heavy atom. The molecule has 2 nitrogen and oxygen atoms in total. The number of fused-ring (bicyclic) bond motifs is 5. The van der Waals surface area contributed by atoms with E-state index in [2.05, 4.69) is 57.9 Å². The van der Waals surface area contributed by atoms with E-state index in [1.54, 1.807) is 27.4 Å². The predicted octanol–water partition coefficient (Wildman–Crippen LogP) is 5.52. The first-order chi connectivity index (χ1) is 13.4. The molecule has 0 spiro atoms. The van der Waals surface area contributed by atoms with Crippen LogP contribution in [0.2, 0.25) is 0 Å². The van der Waals surface area contributed by atoms with Gasteiger partial charge in [0, 0.05) is 40.9 Å². The van der Waals surface area contributed by atoms with E-state index in [1.165, 1.54) is 32.1 Å². The van der Waals surface area contributed by atoms with E-state index >= 15 is 0 Å². The highest BCUT2D eigenvalue weighted by atomic mass is 32.1. The van der Waals surface area contributed by atoms with Crippen LogP contribution in [0.5, 0.6) is 0 Å². The van der Waals surface area contributed by atoms with Gasteiger partial charge >= 0.3 is 0 Å². The summed E-state index contributed by atoms with van der Waals surface area (Å²) in [6.45, 7) is 0.987. The molecule has 2 aliphatic carbocycles. The minimum Gasteiger partial charge on any atom is -0.341 e. The van der Waals surface area contributed by atoms with E-state index in [-0.39, 0.29) is 0 Å². The summed E-state index contributed by atoms with van der Waals surface area (Å²) >= 11 is 1.92. The van der Waals surface area contributed by atoms with Gasteiger partial charge in [-0.3, -0.25) is 4.99 Å². The molecule has 1 saturated heterocycles. The molecule has 0 radical (unpaired) electrons. The second kappa shape index (κ2) is 6.34. The van der Waals surface area contributed by atoms with Crippen molar-refractivity contribution < 1.29 is 0 Å². The van der Waals surface area contributed by atoms with E-state index < -0.39 is 0 Å². The zero-order chi connectivity index (χ0) is 17.8. The van der Waals surface area contributed by atoms with Crippen LogP contribution in [0.25, 0.3) is 0 Å². The fraction of sp³-hybridized carbons (Fsp3) is 0.458. The van der Waals surface area contributed by atoms with E-state index in [9.17, 15) is 0 Å². The van der Waals surface area contributed by atoms with Crippen molar-refractivity contribution in [3.8, 4) is 0 Å². The van der Waals surface area contributed by atoms with Crippen molar-refractivity contribution in [1.29, 1.82) is 0 Å². The molecule has 5 aliphatic rings. The molecule has 1 fully saturated rings. The minimum atomic E-state index is 0.549. The van der Waals surface area contributed by atoms with Gasteiger partial charge < -0.3 is 4.90 Å². The van der Waals surface area contributed by atoms with Crippen molar-refractivity contribution in [2.75, 3.05) is 6.54 Å². The topological polar surface area (TPSA) is 15.6 Å². The number of aliphatic imine (C=N–C) groups is 1. The van der Waals surface area contributed by atoms with Crippen molar-refractivity contribution in [2.45, 2.75) is 44.6 Å². The zero-order valence-corrected chi connectivity index (χ0v) is 16.5. The van der Waals surface area contributed by atoms with Gasteiger partial charge in [0.05, 0.1) is 6.04 Å². The molecule has 1 aromatic heterocycles. The molecule has 0 amide bonds. The highest BCUT2D eigenvalue weighted by Crippen LogP contribution is 2.55. The van der Waals surface area contributed by atoms with Gasteiger partial charge in [0.2, 0.25) is 0 Å². The molecule has 3 aliphatic heterocycles. The lowest BCUT2D eigenvalue weighted by Crippen LogP contribution is -2.35. The summed E-state index contributed by atoms with van der Waals surface area (Å²) in [5.41, 5.74) is 6.56.